The van der Waals surface area contributed by atoms with Gasteiger partial charge in [0.25, 0.3) is 0 Å². The number of hydrogen-bond donors (Lipinski definition) is 5. The van der Waals surface area contributed by atoms with Crippen LogP contribution < -0.4 is 5.73 Å². The van der Waals surface area contributed by atoms with Crippen molar-refractivity contribution in [2.75, 3.05) is 18.8 Å². The number of thiazole rings is 1. The molecule has 3 aliphatic rings. The number of carboxylic acid groups (broad SMARTS) is 2. The number of benzene rings is 1. The second-order valence-electron chi connectivity index (χ2n) is 12.4. The summed E-state index contributed by atoms with van der Waals surface area (Å²) in [4.78, 5) is 87.0. The zero-order valence-electron chi connectivity index (χ0n) is 27.2. The first-order chi connectivity index (χ1) is 23.9. The van der Waals surface area contributed by atoms with Crippen LogP contribution in [0.5, 0.6) is 11.5 Å². The number of oxime groups is 1. The Labute approximate surface area is 302 Å². The summed E-state index contributed by atoms with van der Waals surface area (Å²) in [6.07, 6.45) is 0.827. The van der Waals surface area contributed by atoms with Crippen molar-refractivity contribution in [3.05, 3.63) is 33.8 Å². The minimum Gasteiger partial charge on any atom is -0.504 e. The second kappa shape index (κ2) is 14.0. The van der Waals surface area contributed by atoms with E-state index in [1.165, 1.54) is 36.4 Å². The number of fused-ring (bicyclic) bond motifs is 1. The van der Waals surface area contributed by atoms with Gasteiger partial charge in [-0.1, -0.05) is 28.5 Å². The summed E-state index contributed by atoms with van der Waals surface area (Å²) < 4.78 is 0. The number of nitrogens with two attached hydrogens (primary N) is 1. The Balaban J connectivity index is 1.27. The van der Waals surface area contributed by atoms with Gasteiger partial charge in [-0.15, -0.1) is 11.3 Å². The van der Waals surface area contributed by atoms with Crippen LogP contribution in [-0.2, 0) is 24.0 Å². The molecule has 3 aliphatic heterocycles. The SMILES string of the molecule is C[C@H]1CN(/N=C/CCC(=O)c2ccc(O)c(O)c2Cl)C(=O)N1[C@]1(C(=O)O)CN2C(=O)C(CC(=O)/C(=N\OC(C)(C)C(=O)O)c3csc(N)n3)[C@H]2S1. The van der Waals surface area contributed by atoms with Gasteiger partial charge in [-0.25, -0.2) is 24.4 Å². The third-order valence-electron chi connectivity index (χ3n) is 8.41. The van der Waals surface area contributed by atoms with Crippen molar-refractivity contribution in [2.24, 2.45) is 16.2 Å². The molecule has 18 nitrogen and oxygen atoms in total. The van der Waals surface area contributed by atoms with Crippen LogP contribution in [0.25, 0.3) is 0 Å². The normalized spacial score (nSPS) is 23.5. The number of Topliss-reactive ketones (excluding diaryl/α,β-unsaturated/α-hetero) is 2. The van der Waals surface area contributed by atoms with E-state index in [9.17, 15) is 49.2 Å². The van der Waals surface area contributed by atoms with Crippen LogP contribution in [0, 0.1) is 5.92 Å². The summed E-state index contributed by atoms with van der Waals surface area (Å²) in [5.74, 6) is -6.53. The molecular weight excluding hydrogens is 734 g/mol. The number of aromatic nitrogens is 1. The zero-order chi connectivity index (χ0) is 37.6. The molecule has 3 fully saturated rings. The van der Waals surface area contributed by atoms with Crippen molar-refractivity contribution >= 4 is 87.2 Å². The van der Waals surface area contributed by atoms with Crippen molar-refractivity contribution in [1.29, 1.82) is 0 Å². The fraction of sp³-hybridized carbons (Fsp3) is 0.433. The average Bonchev–Trinajstić information content (AvgIpc) is 3.74. The number of rotatable bonds is 14. The lowest BCUT2D eigenvalue weighted by molar-refractivity contribution is -0.161. The first-order valence-electron chi connectivity index (χ1n) is 15.2. The van der Waals surface area contributed by atoms with Crippen LogP contribution in [0.2, 0.25) is 5.02 Å². The van der Waals surface area contributed by atoms with Gasteiger partial charge >= 0.3 is 18.0 Å². The number of hydrogen-bond acceptors (Lipinski definition) is 15. The maximum atomic E-state index is 13.6. The van der Waals surface area contributed by atoms with E-state index in [-0.39, 0.29) is 53.1 Å². The lowest BCUT2D eigenvalue weighted by Gasteiger charge is -2.40. The van der Waals surface area contributed by atoms with Crippen molar-refractivity contribution in [1.82, 2.24) is 19.8 Å². The van der Waals surface area contributed by atoms with E-state index in [1.807, 2.05) is 0 Å². The van der Waals surface area contributed by atoms with Crippen LogP contribution in [0.3, 0.4) is 0 Å². The monoisotopic (exact) mass is 765 g/mol. The van der Waals surface area contributed by atoms with Gasteiger partial charge in [0.05, 0.1) is 35.4 Å². The fourth-order valence-corrected chi connectivity index (χ4v) is 8.22. The van der Waals surface area contributed by atoms with E-state index in [4.69, 9.17) is 22.2 Å². The van der Waals surface area contributed by atoms with Gasteiger partial charge in [0.2, 0.25) is 16.4 Å². The lowest BCUT2D eigenvalue weighted by Crippen LogP contribution is -2.60. The van der Waals surface area contributed by atoms with Gasteiger partial charge in [-0.3, -0.25) is 19.3 Å². The Morgan fingerprint density at radius 3 is 2.55 bits per heavy atom. The molecular formula is C30H32ClN7O11S2. The molecule has 2 aromatic rings. The van der Waals surface area contributed by atoms with E-state index < -0.39 is 81.2 Å². The van der Waals surface area contributed by atoms with Crippen LogP contribution >= 0.6 is 34.7 Å². The molecule has 1 aromatic heterocycles. The number of nitrogens with zero attached hydrogens (tertiary/aromatic N) is 6. The van der Waals surface area contributed by atoms with Crippen molar-refractivity contribution in [3.63, 3.8) is 0 Å². The third-order valence-corrected chi connectivity index (χ3v) is 11.2. The predicted molar refractivity (Wildman–Crippen MR) is 183 cm³/mol. The maximum absolute atomic E-state index is 13.6. The number of anilines is 1. The molecule has 0 aliphatic carbocycles. The highest BCUT2D eigenvalue weighted by molar-refractivity contribution is 8.02. The first-order valence-corrected chi connectivity index (χ1v) is 17.4. The quantitative estimate of drug-likeness (QED) is 0.0608. The van der Waals surface area contributed by atoms with Gasteiger partial charge in [0, 0.05) is 30.0 Å². The molecule has 5 rings (SSSR count). The highest BCUT2D eigenvalue weighted by Crippen LogP contribution is 2.53. The van der Waals surface area contributed by atoms with E-state index in [2.05, 4.69) is 15.2 Å². The molecule has 0 radical (unpaired) electrons. The Kier molecular flexibility index (Phi) is 10.2. The zero-order valence-corrected chi connectivity index (χ0v) is 29.6. The van der Waals surface area contributed by atoms with Gasteiger partial charge in [0.1, 0.15) is 5.69 Å². The molecule has 0 spiro atoms. The number of phenolic OH excluding ortho intramolecular Hbond substituents is 2. The standard InChI is InChI=1S/C30H32ClN7O11S2/c1-13-10-37(33-8-4-5-17(39)14-6-7-18(40)22(42)20(14)31)28(48)38(13)30(26(46)47)12-36-23(43)15(24(36)51-30)9-19(41)21(16-11-50-27(32)34-16)35-49-29(2,3)25(44)45/h6-8,11,13,15,24,40,42H,4-5,9-10,12H2,1-3H3,(H2,32,34)(H,44,45)(H,46,47)/b33-8+,35-21-/t13-,15?,24+,30+/m0/s1. The highest BCUT2D eigenvalue weighted by Gasteiger charge is 2.67. The molecule has 0 saturated carbocycles. The second-order valence-corrected chi connectivity index (χ2v) is 15.0. The molecule has 3 amide bonds. The number of carboxylic acids is 2. The summed E-state index contributed by atoms with van der Waals surface area (Å²) in [5, 5.41) is 48.6. The van der Waals surface area contributed by atoms with Gasteiger partial charge < -0.3 is 35.9 Å². The number of ketones is 2. The van der Waals surface area contributed by atoms with Crippen LogP contribution in [-0.4, -0.2) is 123 Å². The molecule has 0 bridgehead atoms. The number of halogens is 1. The molecule has 272 valence electrons. The van der Waals surface area contributed by atoms with E-state index in [0.717, 1.165) is 39.1 Å². The van der Waals surface area contributed by atoms with Gasteiger partial charge in [-0.2, -0.15) is 5.10 Å². The minimum atomic E-state index is -1.92. The van der Waals surface area contributed by atoms with E-state index in [1.54, 1.807) is 6.92 Å². The molecule has 4 atom stereocenters. The minimum absolute atomic E-state index is 0.000345. The van der Waals surface area contributed by atoms with Gasteiger partial charge in [0.15, 0.2) is 33.9 Å². The van der Waals surface area contributed by atoms with E-state index >= 15 is 0 Å². The maximum Gasteiger partial charge on any atom is 0.350 e. The number of phenols is 2. The average molecular weight is 766 g/mol. The summed E-state index contributed by atoms with van der Waals surface area (Å²) in [7, 11) is 0. The summed E-state index contributed by atoms with van der Waals surface area (Å²) in [5.41, 5.74) is 3.55. The summed E-state index contributed by atoms with van der Waals surface area (Å²) in [6, 6.07) is 0.974. The Hall–Kier alpha value is -4.95. The topological polar surface area (TPSA) is 266 Å². The number of thioether (sulfide) groups is 1. The molecule has 3 saturated heterocycles. The van der Waals surface area contributed by atoms with Crippen LogP contribution in [0.4, 0.5) is 9.93 Å². The molecule has 51 heavy (non-hydrogen) atoms. The Morgan fingerprint density at radius 2 is 1.92 bits per heavy atom. The smallest absolute Gasteiger partial charge is 0.350 e. The number of β-lactam (4-membered cyclic amide) rings is 1. The molecule has 6 N–H and O–H groups in total. The number of amides is 3. The van der Waals surface area contributed by atoms with Gasteiger partial charge in [-0.05, 0) is 39.3 Å². The molecule has 1 aromatic carbocycles. The molecule has 21 heteroatoms. The number of aliphatic carboxylic acids is 2. The number of carbonyl (C=O) groups excluding carboxylic acids is 4. The lowest BCUT2D eigenvalue weighted by atomic mass is 9.90. The predicted octanol–water partition coefficient (Wildman–Crippen LogP) is 2.42. The summed E-state index contributed by atoms with van der Waals surface area (Å²) in [6.45, 7) is 3.72. The van der Waals surface area contributed by atoms with Crippen molar-refractivity contribution < 1.29 is 54.0 Å². The van der Waals surface area contributed by atoms with E-state index in [0.29, 0.717) is 0 Å². The number of aromatic hydroxyl groups is 2. The third kappa shape index (κ3) is 6.89. The van der Waals surface area contributed by atoms with Crippen LogP contribution in [0.15, 0.2) is 27.8 Å². The summed E-state index contributed by atoms with van der Waals surface area (Å²) >= 11 is 7.80. The molecule has 4 heterocycles. The number of nitrogen functional groups attached to an aromatic ring is 1. The molecule has 1 unspecified atom stereocenters. The number of hydrazone groups is 1. The highest BCUT2D eigenvalue weighted by atomic mass is 35.5. The first kappa shape index (κ1) is 37.3. The van der Waals surface area contributed by atoms with Crippen molar-refractivity contribution in [3.8, 4) is 11.5 Å². The largest absolute Gasteiger partial charge is 0.504 e. The van der Waals surface area contributed by atoms with Crippen LogP contribution in [0.1, 0.15) is 56.1 Å². The Bertz CT molecular complexity index is 1890. The number of urea groups is 1. The fourth-order valence-electron chi connectivity index (χ4n) is 5.64. The van der Waals surface area contributed by atoms with Crippen molar-refractivity contribution in [2.45, 2.75) is 61.9 Å². The Morgan fingerprint density at radius 1 is 1.22 bits per heavy atom. The number of carbonyl (C=O) groups is 6.